The van der Waals surface area contributed by atoms with Crippen LogP contribution in [0.15, 0.2) is 10.4 Å². The number of guanidine groups is 1. The van der Waals surface area contributed by atoms with Crippen LogP contribution in [0.2, 0.25) is 0 Å². The van der Waals surface area contributed by atoms with Crippen molar-refractivity contribution in [1.82, 2.24) is 20.1 Å². The predicted molar refractivity (Wildman–Crippen MR) is 110 cm³/mol. The Kier molecular flexibility index (Phi) is 9.38. The number of likely N-dealkylation sites (tertiary alicyclic amines) is 1. The minimum atomic E-state index is 0. The zero-order chi connectivity index (χ0) is 15.9. The predicted octanol–water partition coefficient (Wildman–Crippen LogP) is 2.81. The first-order valence-corrected chi connectivity index (χ1v) is 9.05. The third kappa shape index (κ3) is 6.54. The summed E-state index contributed by atoms with van der Waals surface area (Å²) in [5.41, 5.74) is 1.11. The molecule has 7 heteroatoms. The van der Waals surface area contributed by atoms with Crippen LogP contribution in [0.4, 0.5) is 0 Å². The number of aromatic nitrogens is 1. The molecule has 1 aromatic rings. The lowest BCUT2D eigenvalue weighted by Crippen LogP contribution is -2.41. The van der Waals surface area contributed by atoms with Gasteiger partial charge in [-0.3, -0.25) is 4.99 Å². The summed E-state index contributed by atoms with van der Waals surface area (Å²) in [7, 11) is 3.92. The number of aliphatic imine (C=N–C) groups is 1. The molecule has 0 aliphatic carbocycles. The summed E-state index contributed by atoms with van der Waals surface area (Å²) < 4.78 is 0. The van der Waals surface area contributed by atoms with E-state index in [2.05, 4.69) is 44.4 Å². The van der Waals surface area contributed by atoms with E-state index in [1.165, 1.54) is 32.5 Å². The van der Waals surface area contributed by atoms with Gasteiger partial charge < -0.3 is 15.1 Å². The molecule has 1 N–H and O–H groups in total. The first kappa shape index (κ1) is 20.6. The zero-order valence-electron chi connectivity index (χ0n) is 14.7. The van der Waals surface area contributed by atoms with Crippen molar-refractivity contribution < 1.29 is 0 Å². The van der Waals surface area contributed by atoms with Gasteiger partial charge in [-0.25, -0.2) is 4.98 Å². The number of rotatable bonds is 6. The molecule has 1 unspecified atom stereocenters. The molecule has 23 heavy (non-hydrogen) atoms. The van der Waals surface area contributed by atoms with Crippen molar-refractivity contribution in [3.63, 3.8) is 0 Å². The molecular formula is C16H30IN5S. The van der Waals surface area contributed by atoms with Crippen LogP contribution >= 0.6 is 35.3 Å². The highest BCUT2D eigenvalue weighted by Crippen LogP contribution is 2.15. The number of halogens is 1. The van der Waals surface area contributed by atoms with Gasteiger partial charge in [0.05, 0.1) is 17.2 Å². The van der Waals surface area contributed by atoms with Gasteiger partial charge in [0.25, 0.3) is 0 Å². The van der Waals surface area contributed by atoms with Crippen molar-refractivity contribution in [2.75, 3.05) is 40.3 Å². The Balaban J connectivity index is 0.00000264. The van der Waals surface area contributed by atoms with Crippen LogP contribution in [0.1, 0.15) is 30.5 Å². The third-order valence-electron chi connectivity index (χ3n) is 4.10. The average molecular weight is 451 g/mol. The molecule has 1 saturated heterocycles. The molecule has 1 aliphatic heterocycles. The fourth-order valence-electron chi connectivity index (χ4n) is 3.02. The maximum atomic E-state index is 4.52. The van der Waals surface area contributed by atoms with E-state index in [0.29, 0.717) is 0 Å². The molecule has 0 aromatic carbocycles. The molecule has 1 aromatic heterocycles. The molecule has 0 saturated carbocycles. The minimum Gasteiger partial charge on any atom is -0.356 e. The maximum absolute atomic E-state index is 4.52. The monoisotopic (exact) mass is 451 g/mol. The lowest BCUT2D eigenvalue weighted by atomic mass is 10.1. The summed E-state index contributed by atoms with van der Waals surface area (Å²) >= 11 is 1.70. The molecule has 0 spiro atoms. The lowest BCUT2D eigenvalue weighted by molar-refractivity contribution is 0.324. The molecule has 5 nitrogen and oxygen atoms in total. The standard InChI is InChI=1S/C16H29N5S.HI/c1-5-7-21-8-6-14(10-21)9-18-16(17-3)20(4)11-15-12-22-13(2)19-15;/h12,14H,5-11H2,1-4H3,(H,17,18);1H. The van der Waals surface area contributed by atoms with Crippen LogP contribution in [0.3, 0.4) is 0 Å². The van der Waals surface area contributed by atoms with Gasteiger partial charge in [0, 0.05) is 32.6 Å². The molecule has 2 rings (SSSR count). The fraction of sp³-hybridized carbons (Fsp3) is 0.750. The van der Waals surface area contributed by atoms with Crippen LogP contribution in [0.5, 0.6) is 0 Å². The number of aryl methyl sites for hydroxylation is 1. The van der Waals surface area contributed by atoms with E-state index in [1.807, 2.05) is 14.0 Å². The van der Waals surface area contributed by atoms with Crippen molar-refractivity contribution in [2.45, 2.75) is 33.2 Å². The van der Waals surface area contributed by atoms with Gasteiger partial charge in [-0.1, -0.05) is 6.92 Å². The Morgan fingerprint density at radius 3 is 2.96 bits per heavy atom. The van der Waals surface area contributed by atoms with Gasteiger partial charge in [-0.2, -0.15) is 0 Å². The van der Waals surface area contributed by atoms with Gasteiger partial charge in [0.2, 0.25) is 0 Å². The maximum Gasteiger partial charge on any atom is 0.193 e. The van der Waals surface area contributed by atoms with Crippen molar-refractivity contribution in [2.24, 2.45) is 10.9 Å². The summed E-state index contributed by atoms with van der Waals surface area (Å²) in [4.78, 5) is 13.6. The third-order valence-corrected chi connectivity index (χ3v) is 4.92. The van der Waals surface area contributed by atoms with Crippen molar-refractivity contribution in [1.29, 1.82) is 0 Å². The van der Waals surface area contributed by atoms with Crippen LogP contribution in [0.25, 0.3) is 0 Å². The Morgan fingerprint density at radius 1 is 1.57 bits per heavy atom. The molecule has 1 atom stereocenters. The van der Waals surface area contributed by atoms with E-state index < -0.39 is 0 Å². The Morgan fingerprint density at radius 2 is 2.35 bits per heavy atom. The highest BCUT2D eigenvalue weighted by Gasteiger charge is 2.22. The molecule has 132 valence electrons. The largest absolute Gasteiger partial charge is 0.356 e. The van der Waals surface area contributed by atoms with Crippen LogP contribution in [0, 0.1) is 12.8 Å². The number of thiazole rings is 1. The van der Waals surface area contributed by atoms with E-state index >= 15 is 0 Å². The smallest absolute Gasteiger partial charge is 0.193 e. The molecule has 0 radical (unpaired) electrons. The van der Waals surface area contributed by atoms with Gasteiger partial charge in [-0.05, 0) is 38.8 Å². The summed E-state index contributed by atoms with van der Waals surface area (Å²) in [5, 5.41) is 6.77. The molecule has 0 bridgehead atoms. The van der Waals surface area contributed by atoms with Crippen LogP contribution < -0.4 is 5.32 Å². The SMILES string of the molecule is CCCN1CCC(CNC(=NC)N(C)Cc2csc(C)n2)C1.I. The first-order valence-electron chi connectivity index (χ1n) is 8.17. The number of nitrogens with zero attached hydrogens (tertiary/aromatic N) is 4. The van der Waals surface area contributed by atoms with E-state index in [1.54, 1.807) is 11.3 Å². The van der Waals surface area contributed by atoms with Crippen molar-refractivity contribution >= 4 is 41.3 Å². The van der Waals surface area contributed by atoms with E-state index in [0.717, 1.165) is 35.7 Å². The van der Waals surface area contributed by atoms with E-state index in [9.17, 15) is 0 Å². The van der Waals surface area contributed by atoms with Gasteiger partial charge in [0.1, 0.15) is 0 Å². The second-order valence-electron chi connectivity index (χ2n) is 6.10. The average Bonchev–Trinajstić information content (AvgIpc) is 3.09. The molecule has 2 heterocycles. The Labute approximate surface area is 161 Å². The zero-order valence-corrected chi connectivity index (χ0v) is 17.9. The second kappa shape index (κ2) is 10.5. The molecule has 1 aliphatic rings. The molecule has 0 amide bonds. The van der Waals surface area contributed by atoms with Gasteiger partial charge in [-0.15, -0.1) is 35.3 Å². The first-order chi connectivity index (χ1) is 10.6. The topological polar surface area (TPSA) is 43.8 Å². The molecular weight excluding hydrogens is 421 g/mol. The Hall–Kier alpha value is -0.410. The summed E-state index contributed by atoms with van der Waals surface area (Å²) in [5.74, 6) is 1.69. The molecule has 1 fully saturated rings. The van der Waals surface area contributed by atoms with E-state index in [-0.39, 0.29) is 24.0 Å². The second-order valence-corrected chi connectivity index (χ2v) is 7.16. The minimum absolute atomic E-state index is 0. The van der Waals surface area contributed by atoms with Gasteiger partial charge >= 0.3 is 0 Å². The number of hydrogen-bond acceptors (Lipinski definition) is 4. The quantitative estimate of drug-likeness (QED) is 0.411. The summed E-state index contributed by atoms with van der Waals surface area (Å²) in [6, 6.07) is 0. The normalized spacial score (nSPS) is 18.8. The van der Waals surface area contributed by atoms with Gasteiger partial charge in [0.15, 0.2) is 5.96 Å². The summed E-state index contributed by atoms with van der Waals surface area (Å²) in [6.45, 7) is 9.80. The number of hydrogen-bond donors (Lipinski definition) is 1. The lowest BCUT2D eigenvalue weighted by Gasteiger charge is -2.23. The van der Waals surface area contributed by atoms with Crippen molar-refractivity contribution in [3.8, 4) is 0 Å². The van der Waals surface area contributed by atoms with E-state index in [4.69, 9.17) is 0 Å². The number of nitrogens with one attached hydrogen (secondary N) is 1. The van der Waals surface area contributed by atoms with Crippen molar-refractivity contribution in [3.05, 3.63) is 16.1 Å². The van der Waals surface area contributed by atoms with Crippen LogP contribution in [-0.4, -0.2) is 61.0 Å². The fourth-order valence-corrected chi connectivity index (χ4v) is 3.62. The summed E-state index contributed by atoms with van der Waals surface area (Å²) in [6.07, 6.45) is 2.54. The highest BCUT2D eigenvalue weighted by atomic mass is 127. The van der Waals surface area contributed by atoms with Crippen LogP contribution in [-0.2, 0) is 6.54 Å². The highest BCUT2D eigenvalue weighted by molar-refractivity contribution is 14.0. The Bertz CT molecular complexity index is 491.